The highest BCUT2D eigenvalue weighted by Crippen LogP contribution is 2.42. The van der Waals surface area contributed by atoms with Gasteiger partial charge in [0, 0.05) is 18.5 Å². The van der Waals surface area contributed by atoms with Gasteiger partial charge in [-0.2, -0.15) is 0 Å². The fourth-order valence-electron chi connectivity index (χ4n) is 4.25. The van der Waals surface area contributed by atoms with E-state index in [0.717, 1.165) is 37.5 Å². The normalized spacial score (nSPS) is 23.0. The number of methoxy groups -OCH3 is 1. The molecule has 3 nitrogen and oxygen atoms in total. The predicted octanol–water partition coefficient (Wildman–Crippen LogP) is 3.71. The van der Waals surface area contributed by atoms with Gasteiger partial charge in [0.1, 0.15) is 18.1 Å². The lowest BCUT2D eigenvalue weighted by Gasteiger charge is -2.42. The Bertz CT molecular complexity index is 686. The van der Waals surface area contributed by atoms with Crippen LogP contribution in [0.25, 0.3) is 0 Å². The number of ether oxygens (including phenoxy) is 2. The van der Waals surface area contributed by atoms with Gasteiger partial charge in [-0.1, -0.05) is 36.4 Å². The molecule has 2 aliphatic heterocycles. The standard InChI is InChI=1S/C21H25NO2/c1-23-19-9-5-10-20-18(19)15-21(16-24-20)12-6-13-22(21)14-11-17-7-3-2-4-8-17/h2-5,7-10H,6,11-16H2,1H3. The second kappa shape index (κ2) is 6.48. The van der Waals surface area contributed by atoms with Gasteiger partial charge in [-0.25, -0.2) is 0 Å². The highest BCUT2D eigenvalue weighted by atomic mass is 16.5. The van der Waals surface area contributed by atoms with Gasteiger partial charge in [0.25, 0.3) is 0 Å². The highest BCUT2D eigenvalue weighted by molar-refractivity contribution is 5.47. The van der Waals surface area contributed by atoms with Crippen LogP contribution in [0.3, 0.4) is 0 Å². The Morgan fingerprint density at radius 1 is 1.12 bits per heavy atom. The third kappa shape index (κ3) is 2.78. The number of rotatable bonds is 4. The van der Waals surface area contributed by atoms with Crippen LogP contribution in [0.1, 0.15) is 24.0 Å². The van der Waals surface area contributed by atoms with Crippen LogP contribution >= 0.6 is 0 Å². The van der Waals surface area contributed by atoms with Crippen molar-refractivity contribution in [2.24, 2.45) is 0 Å². The van der Waals surface area contributed by atoms with Crippen LogP contribution in [0.15, 0.2) is 48.5 Å². The SMILES string of the molecule is COc1cccc2c1CC1(CCCN1CCc1ccccc1)CO2. The third-order valence-electron chi connectivity index (χ3n) is 5.57. The number of likely N-dealkylation sites (tertiary alicyclic amines) is 1. The molecule has 1 fully saturated rings. The summed E-state index contributed by atoms with van der Waals surface area (Å²) < 4.78 is 11.7. The summed E-state index contributed by atoms with van der Waals surface area (Å²) in [5.74, 6) is 1.95. The second-order valence-corrected chi connectivity index (χ2v) is 6.95. The van der Waals surface area contributed by atoms with Gasteiger partial charge in [-0.05, 0) is 43.5 Å². The van der Waals surface area contributed by atoms with Crippen molar-refractivity contribution >= 4 is 0 Å². The van der Waals surface area contributed by atoms with Crippen molar-refractivity contribution in [2.45, 2.75) is 31.2 Å². The average molecular weight is 323 g/mol. The van der Waals surface area contributed by atoms with Crippen LogP contribution < -0.4 is 9.47 Å². The lowest BCUT2D eigenvalue weighted by atomic mass is 9.86. The van der Waals surface area contributed by atoms with Gasteiger partial charge in [0.15, 0.2) is 0 Å². The Balaban J connectivity index is 1.53. The fourth-order valence-corrected chi connectivity index (χ4v) is 4.25. The van der Waals surface area contributed by atoms with Crippen molar-refractivity contribution in [1.29, 1.82) is 0 Å². The zero-order chi connectivity index (χ0) is 16.4. The van der Waals surface area contributed by atoms with E-state index in [1.54, 1.807) is 7.11 Å². The highest BCUT2D eigenvalue weighted by Gasteiger charge is 2.44. The van der Waals surface area contributed by atoms with Crippen LogP contribution in [0.2, 0.25) is 0 Å². The average Bonchev–Trinajstić information content (AvgIpc) is 3.02. The van der Waals surface area contributed by atoms with Gasteiger partial charge in [0.05, 0.1) is 12.6 Å². The lowest BCUT2D eigenvalue weighted by molar-refractivity contribution is 0.0602. The van der Waals surface area contributed by atoms with E-state index in [1.165, 1.54) is 30.5 Å². The number of fused-ring (bicyclic) bond motifs is 1. The van der Waals surface area contributed by atoms with Crippen molar-refractivity contribution < 1.29 is 9.47 Å². The van der Waals surface area contributed by atoms with Crippen molar-refractivity contribution in [3.63, 3.8) is 0 Å². The number of benzene rings is 2. The van der Waals surface area contributed by atoms with E-state index >= 15 is 0 Å². The molecule has 4 rings (SSSR count). The van der Waals surface area contributed by atoms with Gasteiger partial charge in [-0.15, -0.1) is 0 Å². The number of nitrogens with zero attached hydrogens (tertiary/aromatic N) is 1. The van der Waals surface area contributed by atoms with Gasteiger partial charge in [-0.3, -0.25) is 4.90 Å². The summed E-state index contributed by atoms with van der Waals surface area (Å²) in [5.41, 5.74) is 2.78. The first-order chi connectivity index (χ1) is 11.8. The minimum absolute atomic E-state index is 0.135. The first kappa shape index (κ1) is 15.5. The molecular formula is C21H25NO2. The summed E-state index contributed by atoms with van der Waals surface area (Å²) in [7, 11) is 1.75. The van der Waals surface area contributed by atoms with Crippen LogP contribution in [-0.2, 0) is 12.8 Å². The lowest BCUT2D eigenvalue weighted by Crippen LogP contribution is -2.52. The maximum absolute atomic E-state index is 6.16. The molecule has 0 bridgehead atoms. The molecule has 2 heterocycles. The Labute approximate surface area is 144 Å². The summed E-state index contributed by atoms with van der Waals surface area (Å²) in [5, 5.41) is 0. The molecule has 2 aromatic carbocycles. The monoisotopic (exact) mass is 323 g/mol. The first-order valence-corrected chi connectivity index (χ1v) is 8.88. The van der Waals surface area contributed by atoms with Crippen molar-refractivity contribution in [1.82, 2.24) is 4.90 Å². The molecule has 0 saturated carbocycles. The van der Waals surface area contributed by atoms with E-state index in [0.29, 0.717) is 0 Å². The number of hydrogen-bond acceptors (Lipinski definition) is 3. The molecule has 2 aromatic rings. The topological polar surface area (TPSA) is 21.7 Å². The molecule has 126 valence electrons. The Hall–Kier alpha value is -2.00. The summed E-state index contributed by atoms with van der Waals surface area (Å²) in [4.78, 5) is 2.65. The fraction of sp³-hybridized carbons (Fsp3) is 0.429. The van der Waals surface area contributed by atoms with Gasteiger partial charge in [0.2, 0.25) is 0 Å². The van der Waals surface area contributed by atoms with Crippen LogP contribution in [-0.4, -0.2) is 37.2 Å². The summed E-state index contributed by atoms with van der Waals surface area (Å²) in [6, 6.07) is 16.9. The van der Waals surface area contributed by atoms with E-state index in [4.69, 9.17) is 9.47 Å². The molecular weight excluding hydrogens is 298 g/mol. The van der Waals surface area contributed by atoms with Crippen LogP contribution in [0.5, 0.6) is 11.5 Å². The van der Waals surface area contributed by atoms with E-state index < -0.39 is 0 Å². The van der Waals surface area contributed by atoms with Crippen molar-refractivity contribution in [3.8, 4) is 11.5 Å². The molecule has 2 aliphatic rings. The van der Waals surface area contributed by atoms with E-state index in [2.05, 4.69) is 41.3 Å². The van der Waals surface area contributed by atoms with Crippen LogP contribution in [0, 0.1) is 0 Å². The molecule has 0 radical (unpaired) electrons. The molecule has 1 spiro atoms. The van der Waals surface area contributed by atoms with E-state index in [9.17, 15) is 0 Å². The quantitative estimate of drug-likeness (QED) is 0.856. The van der Waals surface area contributed by atoms with Gasteiger partial charge >= 0.3 is 0 Å². The molecule has 1 unspecified atom stereocenters. The Morgan fingerprint density at radius 2 is 2.00 bits per heavy atom. The van der Waals surface area contributed by atoms with Gasteiger partial charge < -0.3 is 9.47 Å². The minimum Gasteiger partial charge on any atom is -0.496 e. The maximum atomic E-state index is 6.16. The molecule has 0 aromatic heterocycles. The van der Waals surface area contributed by atoms with Crippen molar-refractivity contribution in [3.05, 3.63) is 59.7 Å². The van der Waals surface area contributed by atoms with Crippen molar-refractivity contribution in [2.75, 3.05) is 26.8 Å². The molecule has 3 heteroatoms. The van der Waals surface area contributed by atoms with E-state index in [-0.39, 0.29) is 5.54 Å². The molecule has 0 N–H and O–H groups in total. The molecule has 1 saturated heterocycles. The summed E-state index contributed by atoms with van der Waals surface area (Å²) in [6.45, 7) is 3.06. The van der Waals surface area contributed by atoms with Crippen LogP contribution in [0.4, 0.5) is 0 Å². The largest absolute Gasteiger partial charge is 0.496 e. The maximum Gasteiger partial charge on any atom is 0.126 e. The second-order valence-electron chi connectivity index (χ2n) is 6.95. The Kier molecular flexibility index (Phi) is 4.19. The molecule has 0 aliphatic carbocycles. The smallest absolute Gasteiger partial charge is 0.126 e. The number of hydrogen-bond donors (Lipinski definition) is 0. The summed E-state index contributed by atoms with van der Waals surface area (Å²) >= 11 is 0. The molecule has 24 heavy (non-hydrogen) atoms. The minimum atomic E-state index is 0.135. The zero-order valence-corrected chi connectivity index (χ0v) is 14.3. The third-order valence-corrected chi connectivity index (χ3v) is 5.57. The molecule has 0 amide bonds. The zero-order valence-electron chi connectivity index (χ0n) is 14.3. The van der Waals surface area contributed by atoms with E-state index in [1.807, 2.05) is 12.1 Å². The first-order valence-electron chi connectivity index (χ1n) is 8.88. The Morgan fingerprint density at radius 3 is 2.83 bits per heavy atom. The predicted molar refractivity (Wildman–Crippen MR) is 95.9 cm³/mol. The molecule has 1 atom stereocenters. The summed E-state index contributed by atoms with van der Waals surface area (Å²) in [6.07, 6.45) is 4.59.